The van der Waals surface area contributed by atoms with Crippen molar-refractivity contribution in [1.82, 2.24) is 10.2 Å². The number of nitrogens with one attached hydrogen (secondary N) is 2. The molecule has 3 rings (SSSR count). The van der Waals surface area contributed by atoms with Gasteiger partial charge < -0.3 is 10.2 Å². The summed E-state index contributed by atoms with van der Waals surface area (Å²) in [4.78, 5) is 26.3. The normalized spacial score (nSPS) is 18.7. The average molecular weight is 365 g/mol. The highest BCUT2D eigenvalue weighted by molar-refractivity contribution is 7.92. The van der Waals surface area contributed by atoms with Crippen LogP contribution < -0.4 is 10.0 Å². The molecule has 2 fully saturated rings. The Hall–Kier alpha value is -2.09. The van der Waals surface area contributed by atoms with Crippen molar-refractivity contribution in [2.75, 3.05) is 24.1 Å². The molecule has 8 heteroatoms. The summed E-state index contributed by atoms with van der Waals surface area (Å²) < 4.78 is 24.7. The van der Waals surface area contributed by atoms with Crippen LogP contribution in [0.2, 0.25) is 0 Å². The number of nitrogens with zero attached hydrogens (tertiary/aromatic N) is 1. The molecule has 1 aromatic rings. The van der Waals surface area contributed by atoms with Gasteiger partial charge in [0.05, 0.1) is 6.26 Å². The molecule has 2 amide bonds. The first-order chi connectivity index (χ1) is 11.8. The molecule has 1 saturated carbocycles. The van der Waals surface area contributed by atoms with Crippen LogP contribution >= 0.6 is 0 Å². The number of hydrogen-bond acceptors (Lipinski definition) is 4. The lowest BCUT2D eigenvalue weighted by Gasteiger charge is -2.32. The Bertz CT molecular complexity index is 749. The molecule has 136 valence electrons. The number of anilines is 1. The first-order valence-corrected chi connectivity index (χ1v) is 10.4. The number of hydrogen-bond donors (Lipinski definition) is 2. The molecule has 0 unspecified atom stereocenters. The van der Waals surface area contributed by atoms with Gasteiger partial charge in [-0.1, -0.05) is 0 Å². The van der Waals surface area contributed by atoms with Gasteiger partial charge in [-0.05, 0) is 49.9 Å². The summed E-state index contributed by atoms with van der Waals surface area (Å²) in [7, 11) is -3.33. The molecule has 25 heavy (non-hydrogen) atoms. The molecule has 1 aliphatic heterocycles. The maximum atomic E-state index is 12.3. The monoisotopic (exact) mass is 365 g/mol. The van der Waals surface area contributed by atoms with Crippen molar-refractivity contribution >= 4 is 27.5 Å². The minimum atomic E-state index is -3.33. The van der Waals surface area contributed by atoms with E-state index in [0.717, 1.165) is 31.9 Å². The van der Waals surface area contributed by atoms with Crippen LogP contribution in [0.1, 0.15) is 36.0 Å². The van der Waals surface area contributed by atoms with Crippen molar-refractivity contribution in [3.63, 3.8) is 0 Å². The first kappa shape index (κ1) is 17.7. The molecule has 0 bridgehead atoms. The number of rotatable bonds is 5. The summed E-state index contributed by atoms with van der Waals surface area (Å²) in [5.74, 6) is 0.321. The van der Waals surface area contributed by atoms with Gasteiger partial charge in [0.25, 0.3) is 5.91 Å². The van der Waals surface area contributed by atoms with E-state index in [1.807, 2.05) is 4.90 Å². The lowest BCUT2D eigenvalue weighted by molar-refractivity contribution is -0.133. The van der Waals surface area contributed by atoms with Crippen LogP contribution in [-0.2, 0) is 14.8 Å². The summed E-state index contributed by atoms with van der Waals surface area (Å²) in [6.45, 7) is 1.38. The van der Waals surface area contributed by atoms with Crippen LogP contribution in [0.15, 0.2) is 24.3 Å². The third-order valence-electron chi connectivity index (χ3n) is 4.52. The fraction of sp³-hybridized carbons (Fsp3) is 0.529. The number of sulfonamides is 1. The van der Waals surface area contributed by atoms with E-state index in [9.17, 15) is 18.0 Å². The molecule has 1 saturated heterocycles. The molecular formula is C17H23N3O4S. The van der Waals surface area contributed by atoms with Crippen LogP contribution in [-0.4, -0.2) is 50.5 Å². The van der Waals surface area contributed by atoms with Gasteiger partial charge in [0.2, 0.25) is 15.9 Å². The second kappa shape index (κ2) is 7.03. The molecule has 7 nitrogen and oxygen atoms in total. The summed E-state index contributed by atoms with van der Waals surface area (Å²) in [5.41, 5.74) is 0.904. The standard InChI is InChI=1S/C17H23N3O4S/c1-25(23,24)19-15-6-4-12(5-7-15)16(21)18-14-8-10-20(11-9-14)17(22)13-2-3-13/h4-7,13-14,19H,2-3,8-11H2,1H3,(H,18,21). The third-order valence-corrected chi connectivity index (χ3v) is 5.13. The van der Waals surface area contributed by atoms with Crippen molar-refractivity contribution < 1.29 is 18.0 Å². The second-order valence-electron chi connectivity index (χ2n) is 6.80. The zero-order chi connectivity index (χ0) is 18.0. The van der Waals surface area contributed by atoms with Gasteiger partial charge in [-0.3, -0.25) is 14.3 Å². The Morgan fingerprint density at radius 1 is 1.04 bits per heavy atom. The van der Waals surface area contributed by atoms with Crippen LogP contribution in [0.4, 0.5) is 5.69 Å². The first-order valence-electron chi connectivity index (χ1n) is 8.49. The maximum absolute atomic E-state index is 12.3. The van der Waals surface area contributed by atoms with E-state index < -0.39 is 10.0 Å². The van der Waals surface area contributed by atoms with E-state index in [1.54, 1.807) is 24.3 Å². The number of piperidine rings is 1. The van der Waals surface area contributed by atoms with Gasteiger partial charge in [-0.25, -0.2) is 8.42 Å². The summed E-state index contributed by atoms with van der Waals surface area (Å²) in [6.07, 6.45) is 4.63. The van der Waals surface area contributed by atoms with Crippen molar-refractivity contribution in [2.24, 2.45) is 5.92 Å². The third kappa shape index (κ3) is 4.94. The van der Waals surface area contributed by atoms with Crippen molar-refractivity contribution in [3.8, 4) is 0 Å². The number of amides is 2. The van der Waals surface area contributed by atoms with Gasteiger partial charge in [0, 0.05) is 36.3 Å². The number of likely N-dealkylation sites (tertiary alicyclic amines) is 1. The Morgan fingerprint density at radius 2 is 1.64 bits per heavy atom. The summed E-state index contributed by atoms with van der Waals surface area (Å²) >= 11 is 0. The molecule has 0 radical (unpaired) electrons. The van der Waals surface area contributed by atoms with Crippen molar-refractivity contribution in [2.45, 2.75) is 31.7 Å². The lowest BCUT2D eigenvalue weighted by atomic mass is 10.0. The molecule has 1 aliphatic carbocycles. The summed E-state index contributed by atoms with van der Waals surface area (Å²) in [6, 6.07) is 6.37. The number of benzene rings is 1. The Morgan fingerprint density at radius 3 is 2.16 bits per heavy atom. The predicted molar refractivity (Wildman–Crippen MR) is 94.7 cm³/mol. The Kier molecular flexibility index (Phi) is 4.99. The largest absolute Gasteiger partial charge is 0.349 e. The van der Waals surface area contributed by atoms with E-state index in [1.165, 1.54) is 0 Å². The van der Waals surface area contributed by atoms with Crippen molar-refractivity contribution in [3.05, 3.63) is 29.8 Å². The average Bonchev–Trinajstić information content (AvgIpc) is 3.39. The maximum Gasteiger partial charge on any atom is 0.251 e. The fourth-order valence-electron chi connectivity index (χ4n) is 3.01. The molecule has 1 heterocycles. The molecule has 2 N–H and O–H groups in total. The minimum absolute atomic E-state index is 0.0598. The molecule has 0 atom stereocenters. The van der Waals surface area contributed by atoms with Crippen LogP contribution in [0.5, 0.6) is 0 Å². The van der Waals surface area contributed by atoms with Crippen LogP contribution in [0, 0.1) is 5.92 Å². The van der Waals surface area contributed by atoms with Gasteiger partial charge in [0.1, 0.15) is 0 Å². The highest BCUT2D eigenvalue weighted by Crippen LogP contribution is 2.31. The topological polar surface area (TPSA) is 95.6 Å². The van der Waals surface area contributed by atoms with Crippen LogP contribution in [0.25, 0.3) is 0 Å². The van der Waals surface area contributed by atoms with Crippen LogP contribution in [0.3, 0.4) is 0 Å². The van der Waals surface area contributed by atoms with Gasteiger partial charge >= 0.3 is 0 Å². The lowest BCUT2D eigenvalue weighted by Crippen LogP contribution is -2.47. The molecule has 0 aromatic heterocycles. The zero-order valence-electron chi connectivity index (χ0n) is 14.2. The highest BCUT2D eigenvalue weighted by Gasteiger charge is 2.35. The minimum Gasteiger partial charge on any atom is -0.349 e. The van der Waals surface area contributed by atoms with E-state index in [2.05, 4.69) is 10.0 Å². The molecular weight excluding hydrogens is 342 g/mol. The fourth-order valence-corrected chi connectivity index (χ4v) is 3.57. The van der Waals surface area contributed by atoms with E-state index in [-0.39, 0.29) is 23.8 Å². The number of carbonyl (C=O) groups excluding carboxylic acids is 2. The van der Waals surface area contributed by atoms with E-state index >= 15 is 0 Å². The molecule has 0 spiro atoms. The van der Waals surface area contributed by atoms with E-state index in [4.69, 9.17) is 0 Å². The van der Waals surface area contributed by atoms with E-state index in [0.29, 0.717) is 24.3 Å². The molecule has 1 aromatic carbocycles. The molecule has 2 aliphatic rings. The number of carbonyl (C=O) groups is 2. The second-order valence-corrected chi connectivity index (χ2v) is 8.55. The highest BCUT2D eigenvalue weighted by atomic mass is 32.2. The smallest absolute Gasteiger partial charge is 0.251 e. The Balaban J connectivity index is 1.50. The zero-order valence-corrected chi connectivity index (χ0v) is 15.0. The van der Waals surface area contributed by atoms with Gasteiger partial charge in [0.15, 0.2) is 0 Å². The summed E-state index contributed by atoms with van der Waals surface area (Å²) in [5, 5.41) is 2.99. The quantitative estimate of drug-likeness (QED) is 0.819. The van der Waals surface area contributed by atoms with Gasteiger partial charge in [-0.2, -0.15) is 0 Å². The van der Waals surface area contributed by atoms with Crippen molar-refractivity contribution in [1.29, 1.82) is 0 Å². The van der Waals surface area contributed by atoms with Gasteiger partial charge in [-0.15, -0.1) is 0 Å². The SMILES string of the molecule is CS(=O)(=O)Nc1ccc(C(=O)NC2CCN(C(=O)C3CC3)CC2)cc1. The Labute approximate surface area is 147 Å². The predicted octanol–water partition coefficient (Wildman–Crippen LogP) is 1.19.